The molecule has 0 aliphatic carbocycles. The van der Waals surface area contributed by atoms with E-state index >= 15 is 0 Å². The van der Waals surface area contributed by atoms with Crippen LogP contribution in [-0.2, 0) is 12.6 Å². The fourth-order valence-electron chi connectivity index (χ4n) is 4.31. The number of benzene rings is 2. The van der Waals surface area contributed by atoms with Crippen molar-refractivity contribution in [1.29, 1.82) is 0 Å². The summed E-state index contributed by atoms with van der Waals surface area (Å²) in [5, 5.41) is 18.6. The Labute approximate surface area is 244 Å². The van der Waals surface area contributed by atoms with Gasteiger partial charge in [-0.15, -0.1) is 5.10 Å². The third-order valence-corrected chi connectivity index (χ3v) is 7.09. The first kappa shape index (κ1) is 33.0. The zero-order valence-electron chi connectivity index (χ0n) is 23.3. The van der Waals surface area contributed by atoms with Crippen LogP contribution in [0.15, 0.2) is 41.6 Å². The number of rotatable bonds is 13. The Kier molecular flexibility index (Phi) is 11.5. The minimum Gasteiger partial charge on any atom is -0.390 e. The molecule has 0 unspecified atom stereocenters. The minimum atomic E-state index is -4.74. The Morgan fingerprint density at radius 3 is 2.21 bits per heavy atom. The number of aromatic nitrogens is 3. The molecule has 0 saturated heterocycles. The molecule has 8 nitrogen and oxygen atoms in total. The van der Waals surface area contributed by atoms with Gasteiger partial charge in [-0.1, -0.05) is 25.6 Å². The summed E-state index contributed by atoms with van der Waals surface area (Å²) in [6.07, 6.45) is -4.82. The molecule has 0 fully saturated rings. The fourth-order valence-corrected chi connectivity index (χ4v) is 5.12. The monoisotopic (exact) mass is 613 g/mol. The number of aryl methyl sites for hydroxylation is 1. The predicted molar refractivity (Wildman–Crippen MR) is 147 cm³/mol. The van der Waals surface area contributed by atoms with Gasteiger partial charge in [-0.05, 0) is 67.6 Å². The number of H-pyrrole nitrogens is 1. The van der Waals surface area contributed by atoms with Crippen LogP contribution in [0.25, 0.3) is 0 Å². The number of hydrogen-bond donors (Lipinski definition) is 3. The molecule has 14 heteroatoms. The van der Waals surface area contributed by atoms with Crippen LogP contribution in [0.2, 0.25) is 0 Å². The van der Waals surface area contributed by atoms with Crippen molar-refractivity contribution in [2.75, 3.05) is 18.8 Å². The average Bonchev–Trinajstić information content (AvgIpc) is 3.40. The van der Waals surface area contributed by atoms with E-state index in [1.165, 1.54) is 6.07 Å². The van der Waals surface area contributed by atoms with E-state index in [1.807, 2.05) is 13.8 Å². The first-order chi connectivity index (χ1) is 19.8. The molecule has 2 amide bonds. The summed E-state index contributed by atoms with van der Waals surface area (Å²) in [5.41, 5.74) is 1.22. The van der Waals surface area contributed by atoms with Crippen LogP contribution < -0.4 is 5.32 Å². The van der Waals surface area contributed by atoms with Gasteiger partial charge in [-0.2, -0.15) is 18.2 Å². The highest BCUT2D eigenvalue weighted by atomic mass is 32.2. The molecular weight excluding hydrogens is 581 g/mol. The van der Waals surface area contributed by atoms with E-state index in [0.29, 0.717) is 42.0 Å². The molecule has 228 valence electrons. The molecule has 0 spiro atoms. The highest BCUT2D eigenvalue weighted by Gasteiger charge is 2.35. The van der Waals surface area contributed by atoms with Crippen LogP contribution in [0.3, 0.4) is 0 Å². The molecule has 1 aromatic heterocycles. The number of nitrogens with zero attached hydrogens (tertiary/aromatic N) is 3. The Balaban J connectivity index is 1.84. The zero-order chi connectivity index (χ0) is 31.0. The third-order valence-electron chi connectivity index (χ3n) is 6.14. The number of aliphatic hydroxyl groups is 1. The van der Waals surface area contributed by atoms with Gasteiger partial charge < -0.3 is 15.3 Å². The van der Waals surface area contributed by atoms with Crippen molar-refractivity contribution < 1.29 is 36.6 Å². The lowest BCUT2D eigenvalue weighted by Gasteiger charge is -2.25. The van der Waals surface area contributed by atoms with E-state index in [-0.39, 0.29) is 34.4 Å². The van der Waals surface area contributed by atoms with Crippen LogP contribution in [0, 0.1) is 18.6 Å². The summed E-state index contributed by atoms with van der Waals surface area (Å²) in [6.45, 7) is 6.73. The number of thioether (sulfide) groups is 1. The smallest absolute Gasteiger partial charge is 0.390 e. The van der Waals surface area contributed by atoms with Gasteiger partial charge in [-0.3, -0.25) is 14.7 Å². The number of nitrogens with one attached hydrogen (secondary N) is 2. The van der Waals surface area contributed by atoms with Gasteiger partial charge in [0.25, 0.3) is 11.8 Å². The van der Waals surface area contributed by atoms with Crippen LogP contribution in [-0.4, -0.2) is 68.0 Å². The molecule has 3 aromatic rings. The van der Waals surface area contributed by atoms with Crippen LogP contribution in [0.4, 0.5) is 22.0 Å². The zero-order valence-corrected chi connectivity index (χ0v) is 24.1. The highest BCUT2D eigenvalue weighted by Crippen LogP contribution is 2.28. The first-order valence-corrected chi connectivity index (χ1v) is 14.3. The highest BCUT2D eigenvalue weighted by molar-refractivity contribution is 7.99. The van der Waals surface area contributed by atoms with E-state index in [0.717, 1.165) is 25.0 Å². The molecule has 0 aliphatic rings. The molecule has 3 rings (SSSR count). The summed E-state index contributed by atoms with van der Waals surface area (Å²) >= 11 is 0.702. The van der Waals surface area contributed by atoms with Crippen molar-refractivity contribution in [2.24, 2.45) is 0 Å². The minimum absolute atomic E-state index is 0.130. The lowest BCUT2D eigenvalue weighted by Crippen LogP contribution is -2.46. The van der Waals surface area contributed by atoms with Crippen molar-refractivity contribution in [2.45, 2.75) is 63.5 Å². The van der Waals surface area contributed by atoms with Gasteiger partial charge >= 0.3 is 6.18 Å². The molecule has 3 N–H and O–H groups in total. The second kappa shape index (κ2) is 14.6. The van der Waals surface area contributed by atoms with E-state index in [2.05, 4.69) is 15.4 Å². The number of aliphatic hydroxyl groups excluding tert-OH is 1. The lowest BCUT2D eigenvalue weighted by atomic mass is 10.00. The Morgan fingerprint density at radius 2 is 1.64 bits per heavy atom. The molecule has 42 heavy (non-hydrogen) atoms. The number of alkyl halides is 3. The van der Waals surface area contributed by atoms with Gasteiger partial charge in [0, 0.05) is 36.0 Å². The van der Waals surface area contributed by atoms with Crippen molar-refractivity contribution in [3.8, 4) is 0 Å². The van der Waals surface area contributed by atoms with Crippen LogP contribution in [0.1, 0.15) is 64.4 Å². The van der Waals surface area contributed by atoms with E-state index in [1.54, 1.807) is 29.1 Å². The van der Waals surface area contributed by atoms with Gasteiger partial charge in [-0.25, -0.2) is 8.78 Å². The molecule has 0 radical (unpaired) electrons. The summed E-state index contributed by atoms with van der Waals surface area (Å²) in [5.74, 6) is -4.16. The van der Waals surface area contributed by atoms with Gasteiger partial charge in [0.05, 0.1) is 12.1 Å². The van der Waals surface area contributed by atoms with Crippen molar-refractivity contribution in [3.05, 3.63) is 76.1 Å². The Hall–Kier alpha value is -3.52. The second-order valence-electron chi connectivity index (χ2n) is 9.78. The predicted octanol–water partition coefficient (Wildman–Crippen LogP) is 5.17. The first-order valence-electron chi connectivity index (χ1n) is 13.3. The van der Waals surface area contributed by atoms with E-state index in [9.17, 15) is 36.6 Å². The van der Waals surface area contributed by atoms with Crippen LogP contribution >= 0.6 is 11.8 Å². The third kappa shape index (κ3) is 9.24. The maximum Gasteiger partial charge on any atom is 0.451 e. The maximum atomic E-state index is 13.9. The van der Waals surface area contributed by atoms with Gasteiger partial charge in [0.1, 0.15) is 11.6 Å². The number of hydrogen-bond acceptors (Lipinski definition) is 6. The van der Waals surface area contributed by atoms with Crippen molar-refractivity contribution in [3.63, 3.8) is 0 Å². The summed E-state index contributed by atoms with van der Waals surface area (Å²) in [7, 11) is 0. The molecule has 2 aromatic carbocycles. The Bertz CT molecular complexity index is 1360. The van der Waals surface area contributed by atoms with E-state index in [4.69, 9.17) is 0 Å². The van der Waals surface area contributed by atoms with Crippen LogP contribution in [0.5, 0.6) is 0 Å². The quantitative estimate of drug-likeness (QED) is 0.181. The molecule has 0 bridgehead atoms. The summed E-state index contributed by atoms with van der Waals surface area (Å²) < 4.78 is 66.3. The normalized spacial score (nSPS) is 13.1. The number of halogens is 5. The largest absolute Gasteiger partial charge is 0.451 e. The number of carbonyl (C=O) groups is 2. The lowest BCUT2D eigenvalue weighted by molar-refractivity contribution is -0.144. The number of amides is 2. The number of aromatic amines is 1. The molecular formula is C28H32F5N5O3S. The van der Waals surface area contributed by atoms with Crippen molar-refractivity contribution in [1.82, 2.24) is 25.4 Å². The van der Waals surface area contributed by atoms with Gasteiger partial charge in [0.15, 0.2) is 0 Å². The van der Waals surface area contributed by atoms with E-state index < -0.39 is 41.7 Å². The summed E-state index contributed by atoms with van der Waals surface area (Å²) in [4.78, 5) is 31.6. The Morgan fingerprint density at radius 1 is 1.02 bits per heavy atom. The molecule has 0 saturated carbocycles. The topological polar surface area (TPSA) is 111 Å². The molecule has 1 heterocycles. The standard InChI is InChI=1S/C28H32F5N5O3S/c1-4-6-38(7-5-2)25(41)19-9-16(3)8-18(13-19)24(40)34-22(12-17-10-20(29)14-21(30)11-17)23(39)15-42-27-35-26(36-37-27)28(31,32)33/h8-11,13-14,22-23,39H,4-7,12,15H2,1-3H3,(H,34,40)(H,35,36,37)/t22-,23-/m0/s1. The average molecular weight is 614 g/mol. The number of carbonyl (C=O) groups excluding carboxylic acids is 2. The van der Waals surface area contributed by atoms with Crippen molar-refractivity contribution >= 4 is 23.6 Å². The SMILES string of the molecule is CCCN(CCC)C(=O)c1cc(C)cc(C(=O)N[C@@H](Cc2cc(F)cc(F)c2)[C@@H](O)CSc2n[nH]c(C(F)(F)F)n2)c1. The fraction of sp³-hybridized carbons (Fsp3) is 0.429. The second-order valence-corrected chi connectivity index (χ2v) is 10.8. The van der Waals surface area contributed by atoms with Gasteiger partial charge in [0.2, 0.25) is 11.0 Å². The summed E-state index contributed by atoms with van der Waals surface area (Å²) in [6, 6.07) is 6.32. The maximum absolute atomic E-state index is 13.9. The molecule has 0 aliphatic heterocycles. The molecule has 2 atom stereocenters.